The number of nitrogens with zero attached hydrogens (tertiary/aromatic N) is 5. The van der Waals surface area contributed by atoms with Crippen LogP contribution in [0.1, 0.15) is 5.56 Å². The van der Waals surface area contributed by atoms with Gasteiger partial charge in [-0.3, -0.25) is 0 Å². The van der Waals surface area contributed by atoms with E-state index in [-0.39, 0.29) is 0 Å². The van der Waals surface area contributed by atoms with Crippen molar-refractivity contribution in [2.45, 2.75) is 6.92 Å². The smallest absolute Gasteiger partial charge is 0.223 e. The highest BCUT2D eigenvalue weighted by Gasteiger charge is 2.20. The molecule has 2 heterocycles. The summed E-state index contributed by atoms with van der Waals surface area (Å²) in [5, 5.41) is 3.01. The fourth-order valence-electron chi connectivity index (χ4n) is 2.48. The first kappa shape index (κ1) is 12.7. The summed E-state index contributed by atoms with van der Waals surface area (Å²) in [6.45, 7) is 2.04. The Morgan fingerprint density at radius 2 is 1.80 bits per heavy atom. The van der Waals surface area contributed by atoms with Crippen LogP contribution >= 0.6 is 0 Å². The lowest BCUT2D eigenvalue weighted by Crippen LogP contribution is -2.13. The summed E-state index contributed by atoms with van der Waals surface area (Å²) in [7, 11) is 7.81. The second kappa shape index (κ2) is 4.33. The van der Waals surface area contributed by atoms with Crippen LogP contribution in [0.25, 0.3) is 22.4 Å². The van der Waals surface area contributed by atoms with Gasteiger partial charge in [0.15, 0.2) is 0 Å². The van der Waals surface area contributed by atoms with Crippen molar-refractivity contribution in [3.8, 4) is 11.4 Å². The predicted octanol–water partition coefficient (Wildman–Crippen LogP) is 1.88. The Morgan fingerprint density at radius 3 is 2.45 bits per heavy atom. The quantitative estimate of drug-likeness (QED) is 0.770. The first-order chi connectivity index (χ1) is 9.52. The second-order valence-electron chi connectivity index (χ2n) is 5.11. The molecule has 0 saturated carbocycles. The van der Waals surface area contributed by atoms with Gasteiger partial charge in [-0.25, -0.2) is 15.0 Å². The molecule has 1 aliphatic carbocycles. The summed E-state index contributed by atoms with van der Waals surface area (Å²) in [4.78, 5) is 15.8. The number of imidazole rings is 2. The van der Waals surface area contributed by atoms with E-state index >= 15 is 0 Å². The van der Waals surface area contributed by atoms with Crippen LogP contribution in [-0.4, -0.2) is 40.7 Å². The zero-order valence-electron chi connectivity index (χ0n) is 12.4. The molecule has 0 aromatic carbocycles. The normalized spacial score (nSPS) is 11.2. The fourth-order valence-corrected chi connectivity index (χ4v) is 2.48. The molecule has 1 aromatic heterocycles. The fraction of sp³-hybridized carbons (Fsp3) is 0.357. The van der Waals surface area contributed by atoms with E-state index in [9.17, 15) is 0 Å². The van der Waals surface area contributed by atoms with E-state index in [1.807, 2.05) is 52.1 Å². The van der Waals surface area contributed by atoms with Gasteiger partial charge in [0, 0.05) is 28.2 Å². The molecule has 0 amide bonds. The van der Waals surface area contributed by atoms with Crippen molar-refractivity contribution in [3.63, 3.8) is 0 Å². The standard InChI is InChI=1S/C14H18N6/c1-8-6-7-9-12(20(5)14(16-9)19(3)4)11-10(8)17-13(15-2)18-11/h6-7H,1-5H3,(H,15,17,18). The Morgan fingerprint density at radius 1 is 1.10 bits per heavy atom. The van der Waals surface area contributed by atoms with Crippen LogP contribution in [0.5, 0.6) is 0 Å². The minimum Gasteiger partial charge on any atom is -0.357 e. The maximum absolute atomic E-state index is 4.68. The van der Waals surface area contributed by atoms with Crippen molar-refractivity contribution in [2.24, 2.45) is 7.05 Å². The van der Waals surface area contributed by atoms with Crippen LogP contribution in [0, 0.1) is 6.92 Å². The molecule has 0 unspecified atom stereocenters. The monoisotopic (exact) mass is 270 g/mol. The summed E-state index contributed by atoms with van der Waals surface area (Å²) >= 11 is 0. The molecular formula is C14H18N6. The van der Waals surface area contributed by atoms with Crippen LogP contribution in [-0.2, 0) is 7.05 Å². The minimum absolute atomic E-state index is 0.642. The maximum atomic E-state index is 4.68. The maximum Gasteiger partial charge on any atom is 0.223 e. The van der Waals surface area contributed by atoms with E-state index in [0.717, 1.165) is 33.9 Å². The number of anilines is 2. The van der Waals surface area contributed by atoms with Crippen LogP contribution in [0.3, 0.4) is 0 Å². The van der Waals surface area contributed by atoms with Gasteiger partial charge in [0.25, 0.3) is 0 Å². The Hall–Kier alpha value is -2.37. The van der Waals surface area contributed by atoms with Gasteiger partial charge in [-0.2, -0.15) is 0 Å². The largest absolute Gasteiger partial charge is 0.357 e. The van der Waals surface area contributed by atoms with E-state index in [0.29, 0.717) is 5.95 Å². The van der Waals surface area contributed by atoms with Crippen LogP contribution < -0.4 is 10.2 Å². The van der Waals surface area contributed by atoms with Gasteiger partial charge in [-0.15, -0.1) is 0 Å². The SMILES string of the molecule is CNc1nc2c(C)ccc3nc(N(C)C)n(C)c3c-2n1. The highest BCUT2D eigenvalue weighted by atomic mass is 15.3. The Labute approximate surface area is 117 Å². The second-order valence-corrected chi connectivity index (χ2v) is 5.11. The van der Waals surface area contributed by atoms with E-state index < -0.39 is 0 Å². The van der Waals surface area contributed by atoms with Gasteiger partial charge >= 0.3 is 0 Å². The number of aryl methyl sites for hydroxylation is 2. The molecule has 6 nitrogen and oxygen atoms in total. The first-order valence-corrected chi connectivity index (χ1v) is 6.51. The third-order valence-electron chi connectivity index (χ3n) is 3.47. The lowest BCUT2D eigenvalue weighted by atomic mass is 10.2. The van der Waals surface area contributed by atoms with Crippen molar-refractivity contribution >= 4 is 22.9 Å². The van der Waals surface area contributed by atoms with Gasteiger partial charge in [0.1, 0.15) is 5.69 Å². The lowest BCUT2D eigenvalue weighted by Gasteiger charge is -2.11. The molecule has 0 saturated heterocycles. The topological polar surface area (TPSA) is 58.9 Å². The number of hydrogen-bond acceptors (Lipinski definition) is 5. The number of rotatable bonds is 2. The van der Waals surface area contributed by atoms with E-state index in [4.69, 9.17) is 0 Å². The summed E-state index contributed by atoms with van der Waals surface area (Å²) in [5.41, 5.74) is 4.83. The van der Waals surface area contributed by atoms with Gasteiger partial charge < -0.3 is 14.8 Å². The molecule has 2 aliphatic rings. The van der Waals surface area contributed by atoms with Gasteiger partial charge in [-0.1, -0.05) is 6.07 Å². The van der Waals surface area contributed by atoms with Crippen LogP contribution in [0.2, 0.25) is 0 Å². The van der Waals surface area contributed by atoms with Gasteiger partial charge in [-0.05, 0) is 18.6 Å². The summed E-state index contributed by atoms with van der Waals surface area (Å²) in [5.74, 6) is 1.54. The summed E-state index contributed by atoms with van der Waals surface area (Å²) in [6, 6.07) is 4.07. The molecule has 1 aliphatic heterocycles. The number of aromatic nitrogens is 4. The zero-order valence-corrected chi connectivity index (χ0v) is 12.4. The Balaban J connectivity index is 2.45. The van der Waals surface area contributed by atoms with Gasteiger partial charge in [0.05, 0.1) is 16.7 Å². The molecule has 0 spiro atoms. The number of hydrogen-bond donors (Lipinski definition) is 1. The number of nitrogens with one attached hydrogen (secondary N) is 1. The third kappa shape index (κ3) is 1.68. The van der Waals surface area contributed by atoms with Crippen molar-refractivity contribution in [1.82, 2.24) is 19.5 Å². The Kier molecular flexibility index (Phi) is 2.74. The minimum atomic E-state index is 0.642. The molecule has 104 valence electrons. The molecule has 0 fully saturated rings. The number of fused-ring (bicyclic) bond motifs is 3. The molecular weight excluding hydrogens is 252 g/mol. The lowest BCUT2D eigenvalue weighted by molar-refractivity contribution is 0.889. The average molecular weight is 270 g/mol. The van der Waals surface area contributed by atoms with Crippen molar-refractivity contribution < 1.29 is 0 Å². The highest BCUT2D eigenvalue weighted by Crippen LogP contribution is 2.32. The van der Waals surface area contributed by atoms with E-state index in [1.165, 1.54) is 0 Å². The average Bonchev–Trinajstić information content (AvgIpc) is 2.93. The molecule has 0 atom stereocenters. The highest BCUT2D eigenvalue weighted by molar-refractivity contribution is 5.92. The molecule has 0 bridgehead atoms. The zero-order chi connectivity index (χ0) is 14.4. The molecule has 6 heteroatoms. The third-order valence-corrected chi connectivity index (χ3v) is 3.47. The van der Waals surface area contributed by atoms with E-state index in [2.05, 4.69) is 24.8 Å². The molecule has 1 N–H and O–H groups in total. The Bertz CT molecular complexity index is 758. The van der Waals surface area contributed by atoms with Crippen molar-refractivity contribution in [1.29, 1.82) is 0 Å². The molecule has 0 radical (unpaired) electrons. The summed E-state index contributed by atoms with van der Waals surface area (Å²) < 4.78 is 2.06. The van der Waals surface area contributed by atoms with Crippen LogP contribution in [0.4, 0.5) is 11.9 Å². The summed E-state index contributed by atoms with van der Waals surface area (Å²) in [6.07, 6.45) is 0. The van der Waals surface area contributed by atoms with Gasteiger partial charge in [0.2, 0.25) is 11.9 Å². The molecule has 20 heavy (non-hydrogen) atoms. The van der Waals surface area contributed by atoms with Crippen LogP contribution in [0.15, 0.2) is 12.1 Å². The van der Waals surface area contributed by atoms with Crippen molar-refractivity contribution in [3.05, 3.63) is 17.7 Å². The van der Waals surface area contributed by atoms with E-state index in [1.54, 1.807) is 0 Å². The first-order valence-electron chi connectivity index (χ1n) is 6.51. The predicted molar refractivity (Wildman–Crippen MR) is 81.5 cm³/mol. The molecule has 3 rings (SSSR count). The molecule has 1 aromatic rings. The van der Waals surface area contributed by atoms with Crippen molar-refractivity contribution in [2.75, 3.05) is 31.4 Å².